The second-order valence-electron chi connectivity index (χ2n) is 6.90. The lowest BCUT2D eigenvalue weighted by atomic mass is 10.0. The predicted molar refractivity (Wildman–Crippen MR) is 114 cm³/mol. The Morgan fingerprint density at radius 2 is 1.52 bits per heavy atom. The first-order chi connectivity index (χ1) is 15.7. The SMILES string of the molecule is O=C1NC(=O)N(c2ccccc2)C(=O)/C1=C\c1ccc(-c2cc(C(=O)O)cc(C(=O)O)c2)o1. The molecule has 0 bridgehead atoms. The Balaban J connectivity index is 1.70. The number of benzene rings is 2. The number of urea groups is 1. The molecule has 1 aliphatic rings. The van der Waals surface area contributed by atoms with Gasteiger partial charge in [0.1, 0.15) is 17.1 Å². The smallest absolute Gasteiger partial charge is 0.335 e. The minimum atomic E-state index is -1.32. The summed E-state index contributed by atoms with van der Waals surface area (Å²) >= 11 is 0. The number of aromatic carboxylic acids is 2. The average Bonchev–Trinajstić information content (AvgIpc) is 3.25. The van der Waals surface area contributed by atoms with E-state index in [0.29, 0.717) is 0 Å². The van der Waals surface area contributed by atoms with Crippen LogP contribution in [0.4, 0.5) is 10.5 Å². The summed E-state index contributed by atoms with van der Waals surface area (Å²) in [5.41, 5.74) is -0.410. The van der Waals surface area contributed by atoms with Gasteiger partial charge in [0.2, 0.25) is 0 Å². The van der Waals surface area contributed by atoms with Gasteiger partial charge < -0.3 is 14.6 Å². The highest BCUT2D eigenvalue weighted by molar-refractivity contribution is 6.39. The van der Waals surface area contributed by atoms with Gasteiger partial charge in [0, 0.05) is 5.56 Å². The number of hydrogen-bond donors (Lipinski definition) is 3. The molecule has 4 rings (SSSR count). The number of hydrogen-bond acceptors (Lipinski definition) is 6. The fourth-order valence-electron chi connectivity index (χ4n) is 3.21. The Kier molecular flexibility index (Phi) is 5.32. The van der Waals surface area contributed by atoms with E-state index in [1.54, 1.807) is 18.2 Å². The van der Waals surface area contributed by atoms with Crippen LogP contribution in [0.1, 0.15) is 26.5 Å². The molecule has 0 aliphatic carbocycles. The molecule has 0 unspecified atom stereocenters. The number of nitrogens with zero attached hydrogens (tertiary/aromatic N) is 1. The molecule has 10 heteroatoms. The molecule has 4 amide bonds. The summed E-state index contributed by atoms with van der Waals surface area (Å²) in [5, 5.41) is 20.6. The second-order valence-corrected chi connectivity index (χ2v) is 6.90. The number of furan rings is 1. The number of barbiturate groups is 1. The monoisotopic (exact) mass is 446 g/mol. The van der Waals surface area contributed by atoms with Crippen molar-refractivity contribution in [3.8, 4) is 11.3 Å². The number of amides is 4. The van der Waals surface area contributed by atoms with Crippen molar-refractivity contribution in [3.05, 3.63) is 83.1 Å². The highest BCUT2D eigenvalue weighted by Crippen LogP contribution is 2.27. The van der Waals surface area contributed by atoms with E-state index < -0.39 is 29.8 Å². The summed E-state index contributed by atoms with van der Waals surface area (Å²) in [6.45, 7) is 0. The number of rotatable bonds is 5. The van der Waals surface area contributed by atoms with Crippen molar-refractivity contribution in [2.24, 2.45) is 0 Å². The number of carboxylic acids is 2. The van der Waals surface area contributed by atoms with Crippen LogP contribution in [0.2, 0.25) is 0 Å². The maximum atomic E-state index is 12.9. The van der Waals surface area contributed by atoms with E-state index in [-0.39, 0.29) is 39.5 Å². The number of imide groups is 2. The Hall–Kier alpha value is -4.99. The minimum absolute atomic E-state index is 0.0588. The van der Waals surface area contributed by atoms with Gasteiger partial charge in [-0.05, 0) is 48.5 Å². The van der Waals surface area contributed by atoms with Gasteiger partial charge in [-0.1, -0.05) is 18.2 Å². The topological polar surface area (TPSA) is 154 Å². The van der Waals surface area contributed by atoms with Crippen LogP contribution in [0.25, 0.3) is 17.4 Å². The molecule has 1 fully saturated rings. The standard InChI is InChI=1S/C23H14N2O8/c26-19-17(20(27)25(23(32)24-19)15-4-2-1-3-5-15)11-16-6-7-18(33-16)12-8-13(21(28)29)10-14(9-12)22(30)31/h1-11H,(H,28,29)(H,30,31)(H,24,26,32)/b17-11-. The van der Waals surface area contributed by atoms with Gasteiger partial charge in [-0.25, -0.2) is 19.3 Å². The van der Waals surface area contributed by atoms with Gasteiger partial charge in [-0.15, -0.1) is 0 Å². The molecular formula is C23H14N2O8. The molecule has 1 saturated heterocycles. The molecular weight excluding hydrogens is 432 g/mol. The van der Waals surface area contributed by atoms with Crippen LogP contribution in [0.5, 0.6) is 0 Å². The van der Waals surface area contributed by atoms with E-state index in [1.807, 2.05) is 0 Å². The van der Waals surface area contributed by atoms with Gasteiger partial charge in [0.25, 0.3) is 11.8 Å². The van der Waals surface area contributed by atoms with E-state index in [2.05, 4.69) is 5.32 Å². The van der Waals surface area contributed by atoms with Crippen molar-refractivity contribution in [3.63, 3.8) is 0 Å². The number of nitrogens with one attached hydrogen (secondary N) is 1. The molecule has 1 aromatic heterocycles. The lowest BCUT2D eigenvalue weighted by Crippen LogP contribution is -2.54. The van der Waals surface area contributed by atoms with Gasteiger partial charge in [0.15, 0.2) is 0 Å². The zero-order valence-corrected chi connectivity index (χ0v) is 16.6. The Labute approximate surface area is 185 Å². The van der Waals surface area contributed by atoms with E-state index >= 15 is 0 Å². The summed E-state index contributed by atoms with van der Waals surface area (Å²) in [5.74, 6) is -4.22. The molecule has 33 heavy (non-hydrogen) atoms. The van der Waals surface area contributed by atoms with E-state index in [9.17, 15) is 34.2 Å². The van der Waals surface area contributed by atoms with Gasteiger partial charge in [0.05, 0.1) is 16.8 Å². The first-order valence-corrected chi connectivity index (χ1v) is 9.43. The van der Waals surface area contributed by atoms with E-state index in [0.717, 1.165) is 17.0 Å². The molecule has 3 N–H and O–H groups in total. The van der Waals surface area contributed by atoms with Crippen molar-refractivity contribution in [1.82, 2.24) is 5.32 Å². The Morgan fingerprint density at radius 3 is 2.12 bits per heavy atom. The molecule has 2 heterocycles. The third-order valence-corrected chi connectivity index (χ3v) is 4.74. The van der Waals surface area contributed by atoms with Gasteiger partial charge in [-0.2, -0.15) is 0 Å². The second kappa shape index (κ2) is 8.27. The fraction of sp³-hybridized carbons (Fsp3) is 0. The first-order valence-electron chi connectivity index (χ1n) is 9.43. The van der Waals surface area contributed by atoms with Crippen molar-refractivity contribution < 1.29 is 38.6 Å². The number of anilines is 1. The molecule has 0 atom stereocenters. The third-order valence-electron chi connectivity index (χ3n) is 4.74. The van der Waals surface area contributed by atoms with Crippen LogP contribution < -0.4 is 10.2 Å². The molecule has 0 spiro atoms. The molecule has 164 valence electrons. The molecule has 0 radical (unpaired) electrons. The Bertz CT molecular complexity index is 1320. The van der Waals surface area contributed by atoms with Crippen molar-refractivity contribution in [2.45, 2.75) is 0 Å². The van der Waals surface area contributed by atoms with Crippen molar-refractivity contribution in [1.29, 1.82) is 0 Å². The summed E-state index contributed by atoms with van der Waals surface area (Å²) < 4.78 is 5.61. The molecule has 10 nitrogen and oxygen atoms in total. The lowest BCUT2D eigenvalue weighted by molar-refractivity contribution is -0.122. The number of carbonyl (C=O) groups excluding carboxylic acids is 3. The normalized spacial score (nSPS) is 15.0. The van der Waals surface area contributed by atoms with Crippen molar-refractivity contribution in [2.75, 3.05) is 4.90 Å². The number of carbonyl (C=O) groups is 5. The summed E-state index contributed by atoms with van der Waals surface area (Å²) in [6.07, 6.45) is 1.14. The van der Waals surface area contributed by atoms with Crippen LogP contribution in [-0.2, 0) is 9.59 Å². The third kappa shape index (κ3) is 4.12. The Morgan fingerprint density at radius 1 is 0.879 bits per heavy atom. The maximum absolute atomic E-state index is 12.9. The van der Waals surface area contributed by atoms with Crippen LogP contribution in [0.3, 0.4) is 0 Å². The van der Waals surface area contributed by atoms with Gasteiger partial charge in [-0.3, -0.25) is 14.9 Å². The quantitative estimate of drug-likeness (QED) is 0.399. The largest absolute Gasteiger partial charge is 0.478 e. The molecule has 2 aromatic carbocycles. The van der Waals surface area contributed by atoms with Crippen molar-refractivity contribution >= 4 is 41.5 Å². The fourth-order valence-corrected chi connectivity index (χ4v) is 3.21. The van der Waals surface area contributed by atoms with E-state index in [4.69, 9.17) is 4.42 Å². The van der Waals surface area contributed by atoms with E-state index in [1.165, 1.54) is 36.4 Å². The highest BCUT2D eigenvalue weighted by atomic mass is 16.4. The summed E-state index contributed by atoms with van der Waals surface area (Å²) in [6, 6.07) is 13.5. The minimum Gasteiger partial charge on any atom is -0.478 e. The number of para-hydroxylation sites is 1. The van der Waals surface area contributed by atoms with Crippen LogP contribution in [-0.4, -0.2) is 40.0 Å². The predicted octanol–water partition coefficient (Wildman–Crippen LogP) is 3.01. The highest BCUT2D eigenvalue weighted by Gasteiger charge is 2.37. The zero-order valence-electron chi connectivity index (χ0n) is 16.6. The number of carboxylic acid groups (broad SMARTS) is 2. The maximum Gasteiger partial charge on any atom is 0.335 e. The molecule has 3 aromatic rings. The lowest BCUT2D eigenvalue weighted by Gasteiger charge is -2.26. The molecule has 1 aliphatic heterocycles. The van der Waals surface area contributed by atoms with Gasteiger partial charge >= 0.3 is 18.0 Å². The van der Waals surface area contributed by atoms with Crippen LogP contribution in [0.15, 0.2) is 70.7 Å². The average molecular weight is 446 g/mol. The first kappa shape index (κ1) is 21.2. The molecule has 0 saturated carbocycles. The summed E-state index contributed by atoms with van der Waals surface area (Å²) in [7, 11) is 0. The van der Waals surface area contributed by atoms with Crippen LogP contribution >= 0.6 is 0 Å². The van der Waals surface area contributed by atoms with Crippen LogP contribution in [0, 0.1) is 0 Å². The zero-order chi connectivity index (χ0) is 23.7. The summed E-state index contributed by atoms with van der Waals surface area (Å²) in [4.78, 5) is 60.8.